The number of halogens is 1. The maximum Gasteiger partial charge on any atom is 0.340 e. The molecule has 0 saturated carbocycles. The van der Waals surface area contributed by atoms with E-state index in [2.05, 4.69) is 15.2 Å². The van der Waals surface area contributed by atoms with Gasteiger partial charge in [-0.25, -0.2) is 14.2 Å². The fourth-order valence-electron chi connectivity index (χ4n) is 4.47. The van der Waals surface area contributed by atoms with Gasteiger partial charge < -0.3 is 14.4 Å². The molecule has 8 nitrogen and oxygen atoms in total. The molecule has 5 heterocycles. The van der Waals surface area contributed by atoms with Gasteiger partial charge in [0.05, 0.1) is 35.2 Å². The van der Waals surface area contributed by atoms with Crippen LogP contribution in [0.3, 0.4) is 0 Å². The van der Waals surface area contributed by atoms with Crippen LogP contribution in [-0.4, -0.2) is 30.8 Å². The standard InChI is InChI=1S/C22H15FN4O4/c1-9-2-12-16(4-15(9)23)26-19-13(18(12)10-5-24-25-6-10)7-27-17(19)3-11-14(21(27)29)8-31-22(30)20(11)28/h2-6,20,28H,7-8H2,1H3,(H,24,25). The van der Waals surface area contributed by atoms with Gasteiger partial charge in [0.15, 0.2) is 6.10 Å². The Morgan fingerprint density at radius 3 is 2.87 bits per heavy atom. The molecule has 1 aromatic carbocycles. The summed E-state index contributed by atoms with van der Waals surface area (Å²) in [4.78, 5) is 29.7. The van der Waals surface area contributed by atoms with Crippen molar-refractivity contribution in [1.82, 2.24) is 19.7 Å². The summed E-state index contributed by atoms with van der Waals surface area (Å²) in [6.45, 7) is 1.75. The van der Waals surface area contributed by atoms with E-state index >= 15 is 0 Å². The molecule has 31 heavy (non-hydrogen) atoms. The zero-order chi connectivity index (χ0) is 21.4. The summed E-state index contributed by atoms with van der Waals surface area (Å²) >= 11 is 0. The average molecular weight is 418 g/mol. The van der Waals surface area contributed by atoms with Crippen molar-refractivity contribution in [2.24, 2.45) is 0 Å². The number of nitrogens with one attached hydrogen (secondary N) is 1. The number of cyclic esters (lactones) is 1. The van der Waals surface area contributed by atoms with E-state index in [1.54, 1.807) is 36.0 Å². The predicted molar refractivity (Wildman–Crippen MR) is 108 cm³/mol. The molecule has 0 bridgehead atoms. The molecule has 9 heteroatoms. The Kier molecular flexibility index (Phi) is 3.52. The highest BCUT2D eigenvalue weighted by Crippen LogP contribution is 2.42. The van der Waals surface area contributed by atoms with Crippen LogP contribution in [0.2, 0.25) is 0 Å². The minimum atomic E-state index is -1.53. The second-order valence-corrected chi connectivity index (χ2v) is 7.78. The summed E-state index contributed by atoms with van der Waals surface area (Å²) in [5.41, 5.74) is 4.44. The molecular formula is C22H15FN4O4. The fourth-order valence-corrected chi connectivity index (χ4v) is 4.47. The van der Waals surface area contributed by atoms with Crippen LogP contribution in [0.1, 0.15) is 28.4 Å². The van der Waals surface area contributed by atoms with Crippen LogP contribution >= 0.6 is 0 Å². The molecule has 0 aliphatic carbocycles. The number of esters is 1. The Morgan fingerprint density at radius 1 is 1.26 bits per heavy atom. The molecule has 2 N–H and O–H groups in total. The van der Waals surface area contributed by atoms with Gasteiger partial charge >= 0.3 is 5.97 Å². The number of carbonyl (C=O) groups is 1. The molecule has 0 fully saturated rings. The third-order valence-corrected chi connectivity index (χ3v) is 6.02. The summed E-state index contributed by atoms with van der Waals surface area (Å²) in [7, 11) is 0. The maximum atomic E-state index is 14.4. The molecule has 4 aromatic rings. The SMILES string of the molecule is Cc1cc2c(-c3cn[nH]c3)c3c(nc2cc1F)-c1cc2c(c(=O)n1C3)COC(=O)C2O. The molecule has 1 unspecified atom stereocenters. The smallest absolute Gasteiger partial charge is 0.340 e. The van der Waals surface area contributed by atoms with Crippen LogP contribution in [0.4, 0.5) is 4.39 Å². The van der Waals surface area contributed by atoms with Crippen LogP contribution in [0.15, 0.2) is 35.4 Å². The molecule has 1 atom stereocenters. The van der Waals surface area contributed by atoms with Crippen LogP contribution < -0.4 is 5.56 Å². The number of pyridine rings is 2. The summed E-state index contributed by atoms with van der Waals surface area (Å²) in [6, 6.07) is 4.73. The molecular weight excluding hydrogens is 403 g/mol. The maximum absolute atomic E-state index is 14.4. The zero-order valence-electron chi connectivity index (χ0n) is 16.3. The van der Waals surface area contributed by atoms with Crippen molar-refractivity contribution < 1.29 is 19.0 Å². The van der Waals surface area contributed by atoms with Crippen LogP contribution in [0.25, 0.3) is 33.4 Å². The number of aromatic amines is 1. The molecule has 0 saturated heterocycles. The number of aryl methyl sites for hydroxylation is 1. The van der Waals surface area contributed by atoms with Gasteiger partial charge in [0.25, 0.3) is 5.56 Å². The number of H-pyrrole nitrogens is 1. The number of aliphatic hydroxyl groups is 1. The van der Waals surface area contributed by atoms with Crippen LogP contribution in [0.5, 0.6) is 0 Å². The number of fused-ring (bicyclic) bond motifs is 5. The van der Waals surface area contributed by atoms with E-state index in [9.17, 15) is 19.1 Å². The Labute approximate surface area is 173 Å². The molecule has 6 rings (SSSR count). The monoisotopic (exact) mass is 418 g/mol. The number of carbonyl (C=O) groups excluding carboxylic acids is 1. The molecule has 3 aromatic heterocycles. The van der Waals surface area contributed by atoms with E-state index in [4.69, 9.17) is 4.74 Å². The van der Waals surface area contributed by atoms with E-state index in [-0.39, 0.29) is 35.7 Å². The highest BCUT2D eigenvalue weighted by atomic mass is 19.1. The Balaban J connectivity index is 1.71. The van der Waals surface area contributed by atoms with Gasteiger partial charge in [0, 0.05) is 39.9 Å². The highest BCUT2D eigenvalue weighted by Gasteiger charge is 2.35. The summed E-state index contributed by atoms with van der Waals surface area (Å²) in [5.74, 6) is -1.17. The number of aromatic nitrogens is 4. The minimum Gasteiger partial charge on any atom is -0.458 e. The second kappa shape index (κ2) is 6.08. The normalized spacial score (nSPS) is 16.7. The minimum absolute atomic E-state index is 0.185. The lowest BCUT2D eigenvalue weighted by atomic mass is 9.95. The fraction of sp³-hybridized carbons (Fsp3) is 0.182. The van der Waals surface area contributed by atoms with E-state index in [0.717, 1.165) is 22.1 Å². The summed E-state index contributed by atoms with van der Waals surface area (Å²) in [5, 5.41) is 17.9. The number of hydrogen-bond acceptors (Lipinski definition) is 6. The lowest BCUT2D eigenvalue weighted by Gasteiger charge is -2.21. The molecule has 2 aliphatic heterocycles. The molecule has 154 valence electrons. The Morgan fingerprint density at radius 2 is 2.10 bits per heavy atom. The molecule has 0 spiro atoms. The van der Waals surface area contributed by atoms with Gasteiger partial charge in [-0.1, -0.05) is 0 Å². The number of hydrogen-bond donors (Lipinski definition) is 2. The molecule has 0 amide bonds. The molecule has 0 radical (unpaired) electrons. The quantitative estimate of drug-likeness (QED) is 0.405. The first-order valence-electron chi connectivity index (χ1n) is 9.67. The van der Waals surface area contributed by atoms with Crippen molar-refractivity contribution in [2.45, 2.75) is 26.2 Å². The highest BCUT2D eigenvalue weighted by molar-refractivity contribution is 6.00. The summed E-state index contributed by atoms with van der Waals surface area (Å²) < 4.78 is 20.8. The van der Waals surface area contributed by atoms with Crippen LogP contribution in [-0.2, 0) is 22.7 Å². The number of benzene rings is 1. The van der Waals surface area contributed by atoms with Gasteiger partial charge in [-0.05, 0) is 24.6 Å². The first-order chi connectivity index (χ1) is 14.9. The van der Waals surface area contributed by atoms with Gasteiger partial charge in [-0.15, -0.1) is 0 Å². The summed E-state index contributed by atoms with van der Waals surface area (Å²) in [6.07, 6.45) is 1.88. The number of aliphatic hydroxyl groups excluding tert-OH is 1. The van der Waals surface area contributed by atoms with Crippen molar-refractivity contribution in [3.05, 3.63) is 69.0 Å². The first-order valence-corrected chi connectivity index (χ1v) is 9.67. The van der Waals surface area contributed by atoms with Gasteiger partial charge in [0.1, 0.15) is 12.4 Å². The molecule has 2 aliphatic rings. The lowest BCUT2D eigenvalue weighted by molar-refractivity contribution is -0.157. The average Bonchev–Trinajstić information content (AvgIpc) is 3.39. The van der Waals surface area contributed by atoms with Crippen LogP contribution in [0, 0.1) is 12.7 Å². The van der Waals surface area contributed by atoms with Gasteiger partial charge in [0.2, 0.25) is 0 Å². The van der Waals surface area contributed by atoms with Crippen molar-refractivity contribution >= 4 is 16.9 Å². The van der Waals surface area contributed by atoms with Crippen molar-refractivity contribution in [3.8, 4) is 22.5 Å². The number of nitrogens with zero attached hydrogens (tertiary/aromatic N) is 3. The van der Waals surface area contributed by atoms with Gasteiger partial charge in [-0.3, -0.25) is 9.89 Å². The lowest BCUT2D eigenvalue weighted by Crippen LogP contribution is -2.32. The van der Waals surface area contributed by atoms with E-state index in [0.29, 0.717) is 22.5 Å². The third-order valence-electron chi connectivity index (χ3n) is 6.02. The van der Waals surface area contributed by atoms with Crippen molar-refractivity contribution in [3.63, 3.8) is 0 Å². The second-order valence-electron chi connectivity index (χ2n) is 7.78. The predicted octanol–water partition coefficient (Wildman–Crippen LogP) is 2.35. The topological polar surface area (TPSA) is 110 Å². The zero-order valence-corrected chi connectivity index (χ0v) is 16.3. The Bertz CT molecular complexity index is 1490. The first kappa shape index (κ1) is 18.0. The third kappa shape index (κ3) is 2.37. The van der Waals surface area contributed by atoms with E-state index in [1.165, 1.54) is 6.07 Å². The number of rotatable bonds is 1. The Hall–Kier alpha value is -3.85. The van der Waals surface area contributed by atoms with Crippen molar-refractivity contribution in [2.75, 3.05) is 0 Å². The van der Waals surface area contributed by atoms with Gasteiger partial charge in [-0.2, -0.15) is 5.10 Å². The largest absolute Gasteiger partial charge is 0.458 e. The van der Waals surface area contributed by atoms with E-state index in [1.807, 2.05) is 0 Å². The number of ether oxygens (including phenoxy) is 1. The van der Waals surface area contributed by atoms with Crippen molar-refractivity contribution in [1.29, 1.82) is 0 Å². The van der Waals surface area contributed by atoms with E-state index < -0.39 is 12.1 Å².